The van der Waals surface area contributed by atoms with Crippen LogP contribution < -0.4 is 0 Å². The number of aliphatic hydroxyl groups is 1. The van der Waals surface area contributed by atoms with E-state index in [2.05, 4.69) is 21.8 Å². The van der Waals surface area contributed by atoms with E-state index in [1.807, 2.05) is 25.3 Å². The van der Waals surface area contributed by atoms with E-state index in [4.69, 9.17) is 0 Å². The van der Waals surface area contributed by atoms with Crippen molar-refractivity contribution in [3.63, 3.8) is 0 Å². The lowest BCUT2D eigenvalue weighted by Crippen LogP contribution is -2.49. The van der Waals surface area contributed by atoms with Gasteiger partial charge in [-0.3, -0.25) is 14.1 Å². The van der Waals surface area contributed by atoms with Crippen molar-refractivity contribution in [2.24, 2.45) is 0 Å². The second-order valence-electron chi connectivity index (χ2n) is 7.02. The first-order valence-electron chi connectivity index (χ1n) is 8.72. The van der Waals surface area contributed by atoms with Gasteiger partial charge in [0.15, 0.2) is 0 Å². The molecule has 2 aromatic rings. The van der Waals surface area contributed by atoms with Crippen LogP contribution in [0.25, 0.3) is 5.65 Å². The average Bonchev–Trinajstić information content (AvgIpc) is 2.99. The zero-order valence-electron chi connectivity index (χ0n) is 15.2. The maximum Gasteiger partial charge on any atom is 0.272 e. The molecular formula is C18H27N5O2. The predicted octanol–water partition coefficient (Wildman–Crippen LogP) is 0.323. The Morgan fingerprint density at radius 1 is 1.32 bits per heavy atom. The number of aliphatic hydroxyl groups excluding tert-OH is 1. The van der Waals surface area contributed by atoms with Gasteiger partial charge in [0.2, 0.25) is 0 Å². The van der Waals surface area contributed by atoms with Crippen LogP contribution in [0.1, 0.15) is 16.1 Å². The highest BCUT2D eigenvalue weighted by Gasteiger charge is 2.22. The topological polar surface area (TPSA) is 64.3 Å². The molecule has 1 saturated heterocycles. The van der Waals surface area contributed by atoms with Crippen molar-refractivity contribution >= 4 is 11.6 Å². The number of nitrogens with zero attached hydrogens (tertiary/aromatic N) is 5. The molecule has 2 aromatic heterocycles. The Balaban J connectivity index is 1.60. The van der Waals surface area contributed by atoms with Gasteiger partial charge in [0, 0.05) is 52.5 Å². The standard InChI is InChI=1S/C18H27N5O2/c1-14-4-5-17-19-10-16(23(17)11-14)18(25)21(3)12-15(24)13-22-8-6-20(2)7-9-22/h4-5,10-11,15,24H,6-9,12-13H2,1-3H3. The van der Waals surface area contributed by atoms with Gasteiger partial charge in [0.1, 0.15) is 11.3 Å². The van der Waals surface area contributed by atoms with E-state index >= 15 is 0 Å². The molecule has 25 heavy (non-hydrogen) atoms. The molecule has 0 radical (unpaired) electrons. The molecule has 0 bridgehead atoms. The van der Waals surface area contributed by atoms with Crippen LogP contribution in [0.15, 0.2) is 24.5 Å². The van der Waals surface area contributed by atoms with E-state index in [0.717, 1.165) is 37.4 Å². The van der Waals surface area contributed by atoms with Gasteiger partial charge >= 0.3 is 0 Å². The van der Waals surface area contributed by atoms with Crippen LogP contribution in [-0.4, -0.2) is 94.6 Å². The van der Waals surface area contributed by atoms with Gasteiger partial charge in [-0.15, -0.1) is 0 Å². The number of hydrogen-bond acceptors (Lipinski definition) is 5. The third-order valence-corrected chi connectivity index (χ3v) is 4.77. The third-order valence-electron chi connectivity index (χ3n) is 4.77. The summed E-state index contributed by atoms with van der Waals surface area (Å²) in [5.41, 5.74) is 2.34. The van der Waals surface area contributed by atoms with E-state index in [9.17, 15) is 9.90 Å². The molecule has 0 aliphatic carbocycles. The molecule has 0 saturated carbocycles. The van der Waals surface area contributed by atoms with E-state index in [0.29, 0.717) is 18.8 Å². The molecule has 1 unspecified atom stereocenters. The quantitative estimate of drug-likeness (QED) is 0.846. The second kappa shape index (κ2) is 7.51. The summed E-state index contributed by atoms with van der Waals surface area (Å²) in [4.78, 5) is 23.1. The number of hydrogen-bond donors (Lipinski definition) is 1. The highest BCUT2D eigenvalue weighted by molar-refractivity contribution is 5.93. The summed E-state index contributed by atoms with van der Waals surface area (Å²) in [6, 6.07) is 3.87. The number of aryl methyl sites for hydroxylation is 1. The molecular weight excluding hydrogens is 318 g/mol. The lowest BCUT2D eigenvalue weighted by Gasteiger charge is -2.34. The molecule has 7 nitrogen and oxygen atoms in total. The number of rotatable bonds is 5. The van der Waals surface area contributed by atoms with Crippen molar-refractivity contribution < 1.29 is 9.90 Å². The molecule has 7 heteroatoms. The molecule has 1 fully saturated rings. The summed E-state index contributed by atoms with van der Waals surface area (Å²) in [7, 11) is 3.84. The van der Waals surface area contributed by atoms with Crippen LogP contribution in [0.3, 0.4) is 0 Å². The van der Waals surface area contributed by atoms with Gasteiger partial charge in [-0.1, -0.05) is 6.07 Å². The smallest absolute Gasteiger partial charge is 0.272 e. The molecule has 1 atom stereocenters. The number of carbonyl (C=O) groups excluding carboxylic acids is 1. The third kappa shape index (κ3) is 4.18. The number of piperazine rings is 1. The van der Waals surface area contributed by atoms with Crippen LogP contribution in [0.2, 0.25) is 0 Å². The van der Waals surface area contributed by atoms with Crippen molar-refractivity contribution in [3.05, 3.63) is 35.8 Å². The maximum atomic E-state index is 12.7. The van der Waals surface area contributed by atoms with Gasteiger partial charge in [-0.05, 0) is 25.6 Å². The van der Waals surface area contributed by atoms with Crippen LogP contribution in [-0.2, 0) is 0 Å². The number of amides is 1. The number of β-amino-alcohol motifs (C(OH)–C–C–N with tert-alkyl or cyclic N) is 1. The maximum absolute atomic E-state index is 12.7. The van der Waals surface area contributed by atoms with Crippen LogP contribution >= 0.6 is 0 Å². The monoisotopic (exact) mass is 345 g/mol. The van der Waals surface area contributed by atoms with E-state index in [1.54, 1.807) is 22.5 Å². The number of likely N-dealkylation sites (N-methyl/N-ethyl adjacent to an activating group) is 2. The van der Waals surface area contributed by atoms with Crippen molar-refractivity contribution in [2.75, 3.05) is 53.4 Å². The molecule has 1 N–H and O–H groups in total. The Labute approximate surface area is 148 Å². The fraction of sp³-hybridized carbons (Fsp3) is 0.556. The van der Waals surface area contributed by atoms with Crippen LogP contribution in [0.5, 0.6) is 0 Å². The van der Waals surface area contributed by atoms with Gasteiger partial charge in [0.25, 0.3) is 5.91 Å². The largest absolute Gasteiger partial charge is 0.390 e. The molecule has 0 spiro atoms. The van der Waals surface area contributed by atoms with Crippen molar-refractivity contribution in [1.82, 2.24) is 24.1 Å². The first-order valence-corrected chi connectivity index (χ1v) is 8.72. The molecule has 3 rings (SSSR count). The highest BCUT2D eigenvalue weighted by Crippen LogP contribution is 2.11. The number of imidazole rings is 1. The highest BCUT2D eigenvalue weighted by atomic mass is 16.3. The Morgan fingerprint density at radius 3 is 2.76 bits per heavy atom. The van der Waals surface area contributed by atoms with Gasteiger partial charge in [-0.25, -0.2) is 4.98 Å². The molecule has 3 heterocycles. The van der Waals surface area contributed by atoms with E-state index < -0.39 is 6.10 Å². The molecule has 1 aliphatic rings. The summed E-state index contributed by atoms with van der Waals surface area (Å²) < 4.78 is 1.81. The van der Waals surface area contributed by atoms with E-state index in [-0.39, 0.29) is 5.91 Å². The second-order valence-corrected chi connectivity index (χ2v) is 7.02. The van der Waals surface area contributed by atoms with Gasteiger partial charge < -0.3 is 14.9 Å². The normalized spacial score (nSPS) is 17.8. The molecule has 1 aliphatic heterocycles. The average molecular weight is 345 g/mol. The van der Waals surface area contributed by atoms with E-state index in [1.165, 1.54) is 0 Å². The number of pyridine rings is 1. The lowest BCUT2D eigenvalue weighted by molar-refractivity contribution is 0.0498. The predicted molar refractivity (Wildman–Crippen MR) is 96.8 cm³/mol. The summed E-state index contributed by atoms with van der Waals surface area (Å²) in [6.07, 6.45) is 2.95. The summed E-state index contributed by atoms with van der Waals surface area (Å²) in [5, 5.41) is 10.4. The zero-order valence-corrected chi connectivity index (χ0v) is 15.2. The van der Waals surface area contributed by atoms with Crippen LogP contribution in [0.4, 0.5) is 0 Å². The molecule has 136 valence electrons. The van der Waals surface area contributed by atoms with Crippen molar-refractivity contribution in [2.45, 2.75) is 13.0 Å². The molecule has 0 aromatic carbocycles. The van der Waals surface area contributed by atoms with Gasteiger partial charge in [0.05, 0.1) is 12.3 Å². The SMILES string of the molecule is Cc1ccc2ncc(C(=O)N(C)CC(O)CN3CCN(C)CC3)n2c1. The Hall–Kier alpha value is -1.96. The minimum Gasteiger partial charge on any atom is -0.390 e. The van der Waals surface area contributed by atoms with Crippen molar-refractivity contribution in [3.8, 4) is 0 Å². The first kappa shape index (κ1) is 17.8. The van der Waals surface area contributed by atoms with Crippen molar-refractivity contribution in [1.29, 1.82) is 0 Å². The minimum absolute atomic E-state index is 0.129. The fourth-order valence-corrected chi connectivity index (χ4v) is 3.23. The number of aromatic nitrogens is 2. The summed E-state index contributed by atoms with van der Waals surface area (Å²) >= 11 is 0. The zero-order chi connectivity index (χ0) is 18.0. The van der Waals surface area contributed by atoms with Crippen LogP contribution in [0, 0.1) is 6.92 Å². The summed E-state index contributed by atoms with van der Waals surface area (Å²) in [6.45, 7) is 6.83. The Bertz CT molecular complexity index is 736. The number of fused-ring (bicyclic) bond motifs is 1. The Kier molecular flexibility index (Phi) is 5.36. The van der Waals surface area contributed by atoms with Gasteiger partial charge in [-0.2, -0.15) is 0 Å². The summed E-state index contributed by atoms with van der Waals surface area (Å²) in [5.74, 6) is -0.129. The fourth-order valence-electron chi connectivity index (χ4n) is 3.23. The minimum atomic E-state index is -0.557. The Morgan fingerprint density at radius 2 is 2.04 bits per heavy atom. The molecule has 1 amide bonds. The lowest BCUT2D eigenvalue weighted by atomic mass is 10.2. The number of carbonyl (C=O) groups is 1. The first-order chi connectivity index (χ1) is 11.9.